The molecule has 2 rings (SSSR count). The highest BCUT2D eigenvalue weighted by Gasteiger charge is 2.08. The van der Waals surface area contributed by atoms with Crippen LogP contribution in [0.3, 0.4) is 0 Å². The van der Waals surface area contributed by atoms with Crippen LogP contribution in [0.15, 0.2) is 36.4 Å². The molecule has 95 valence electrons. The van der Waals surface area contributed by atoms with Gasteiger partial charge in [-0.05, 0) is 46.7 Å². The summed E-state index contributed by atoms with van der Waals surface area (Å²) >= 11 is 0. The van der Waals surface area contributed by atoms with Gasteiger partial charge in [0, 0.05) is 0 Å². The van der Waals surface area contributed by atoms with E-state index in [9.17, 15) is 0 Å². The Balaban J connectivity index is 2.27. The van der Waals surface area contributed by atoms with Gasteiger partial charge in [-0.3, -0.25) is 0 Å². The lowest BCUT2D eigenvalue weighted by atomic mass is 9.90. The molecule has 0 aliphatic heterocycles. The SMILES string of the molecule is COc1ccc2cc(CC(C)[C](C)C)ccc2c1. The molecule has 0 aromatic heterocycles. The molecule has 0 saturated carbocycles. The van der Waals surface area contributed by atoms with E-state index in [1.54, 1.807) is 7.11 Å². The van der Waals surface area contributed by atoms with E-state index in [1.807, 2.05) is 6.07 Å². The summed E-state index contributed by atoms with van der Waals surface area (Å²) in [4.78, 5) is 0. The number of fused-ring (bicyclic) bond motifs is 1. The van der Waals surface area contributed by atoms with E-state index in [-0.39, 0.29) is 0 Å². The number of benzene rings is 2. The monoisotopic (exact) mass is 241 g/mol. The molecule has 1 radical (unpaired) electrons. The van der Waals surface area contributed by atoms with E-state index in [2.05, 4.69) is 51.1 Å². The topological polar surface area (TPSA) is 9.23 Å². The standard InChI is InChI=1S/C17H21O/c1-12(2)13(3)9-14-5-6-16-11-17(18-4)8-7-15(16)10-14/h5-8,10-11,13H,9H2,1-4H3. The first-order valence-electron chi connectivity index (χ1n) is 6.47. The van der Waals surface area contributed by atoms with Crippen molar-refractivity contribution < 1.29 is 4.74 Å². The van der Waals surface area contributed by atoms with Crippen LogP contribution in [-0.2, 0) is 6.42 Å². The number of ether oxygens (including phenoxy) is 1. The average Bonchev–Trinajstić information content (AvgIpc) is 2.37. The lowest BCUT2D eigenvalue weighted by Gasteiger charge is -2.15. The third-order valence-electron chi connectivity index (χ3n) is 3.64. The molecule has 0 saturated heterocycles. The zero-order valence-electron chi connectivity index (χ0n) is 11.7. The summed E-state index contributed by atoms with van der Waals surface area (Å²) in [5, 5.41) is 2.53. The third kappa shape index (κ3) is 2.84. The second-order valence-corrected chi connectivity index (χ2v) is 5.23. The van der Waals surface area contributed by atoms with E-state index in [0.717, 1.165) is 12.2 Å². The van der Waals surface area contributed by atoms with E-state index in [0.29, 0.717) is 5.92 Å². The fourth-order valence-corrected chi connectivity index (χ4v) is 2.08. The summed E-state index contributed by atoms with van der Waals surface area (Å²) in [5.41, 5.74) is 1.40. The molecule has 0 bridgehead atoms. The van der Waals surface area contributed by atoms with Gasteiger partial charge in [0.2, 0.25) is 0 Å². The Labute approximate surface area is 110 Å². The lowest BCUT2D eigenvalue weighted by molar-refractivity contribution is 0.415. The third-order valence-corrected chi connectivity index (χ3v) is 3.64. The molecule has 1 nitrogen and oxygen atoms in total. The van der Waals surface area contributed by atoms with Crippen molar-refractivity contribution in [3.8, 4) is 5.75 Å². The molecule has 1 unspecified atom stereocenters. The maximum atomic E-state index is 5.25. The average molecular weight is 241 g/mol. The minimum absolute atomic E-state index is 0.640. The van der Waals surface area contributed by atoms with Crippen LogP contribution in [0.5, 0.6) is 5.75 Å². The van der Waals surface area contributed by atoms with Crippen molar-refractivity contribution in [1.29, 1.82) is 0 Å². The van der Waals surface area contributed by atoms with Gasteiger partial charge in [0.1, 0.15) is 5.75 Å². The maximum absolute atomic E-state index is 5.25. The number of hydrogen-bond acceptors (Lipinski definition) is 1. The highest BCUT2D eigenvalue weighted by atomic mass is 16.5. The number of hydrogen-bond donors (Lipinski definition) is 0. The molecular formula is C17H21O. The minimum atomic E-state index is 0.640. The van der Waals surface area contributed by atoms with Gasteiger partial charge in [0.15, 0.2) is 0 Å². The van der Waals surface area contributed by atoms with Crippen molar-refractivity contribution >= 4 is 10.8 Å². The molecule has 0 spiro atoms. The Morgan fingerprint density at radius 2 is 1.72 bits per heavy atom. The smallest absolute Gasteiger partial charge is 0.119 e. The van der Waals surface area contributed by atoms with Crippen LogP contribution in [0.4, 0.5) is 0 Å². The summed E-state index contributed by atoms with van der Waals surface area (Å²) in [6.45, 7) is 6.70. The predicted molar refractivity (Wildman–Crippen MR) is 78.0 cm³/mol. The summed E-state index contributed by atoms with van der Waals surface area (Å²) < 4.78 is 5.25. The fourth-order valence-electron chi connectivity index (χ4n) is 2.08. The first kappa shape index (κ1) is 12.9. The van der Waals surface area contributed by atoms with E-state index >= 15 is 0 Å². The molecule has 0 amide bonds. The highest BCUT2D eigenvalue weighted by Crippen LogP contribution is 2.24. The van der Waals surface area contributed by atoms with Crippen molar-refractivity contribution in [2.75, 3.05) is 7.11 Å². The van der Waals surface area contributed by atoms with Crippen LogP contribution in [0.25, 0.3) is 10.8 Å². The van der Waals surface area contributed by atoms with E-state index in [1.165, 1.54) is 22.3 Å². The van der Waals surface area contributed by atoms with Crippen LogP contribution in [0.1, 0.15) is 26.3 Å². The van der Waals surface area contributed by atoms with E-state index < -0.39 is 0 Å². The Hall–Kier alpha value is -1.50. The molecule has 0 N–H and O–H groups in total. The molecule has 0 heterocycles. The molecule has 1 atom stereocenters. The maximum Gasteiger partial charge on any atom is 0.119 e. The zero-order valence-corrected chi connectivity index (χ0v) is 11.7. The van der Waals surface area contributed by atoms with Crippen LogP contribution in [0.2, 0.25) is 0 Å². The Morgan fingerprint density at radius 1 is 1.06 bits per heavy atom. The quantitative estimate of drug-likeness (QED) is 0.757. The van der Waals surface area contributed by atoms with Gasteiger partial charge in [-0.2, -0.15) is 0 Å². The molecule has 2 aromatic rings. The number of methoxy groups -OCH3 is 1. The molecule has 18 heavy (non-hydrogen) atoms. The van der Waals surface area contributed by atoms with Gasteiger partial charge < -0.3 is 4.74 Å². The lowest BCUT2D eigenvalue weighted by Crippen LogP contribution is -2.05. The van der Waals surface area contributed by atoms with Crippen molar-refractivity contribution in [3.05, 3.63) is 47.9 Å². The molecule has 0 aliphatic rings. The van der Waals surface area contributed by atoms with Crippen LogP contribution < -0.4 is 4.74 Å². The summed E-state index contributed by atoms with van der Waals surface area (Å²) in [6, 6.07) is 12.9. The second kappa shape index (κ2) is 5.43. The van der Waals surface area contributed by atoms with Gasteiger partial charge in [-0.15, -0.1) is 0 Å². The first-order valence-corrected chi connectivity index (χ1v) is 6.47. The number of rotatable bonds is 4. The largest absolute Gasteiger partial charge is 0.497 e. The first-order chi connectivity index (χ1) is 8.60. The summed E-state index contributed by atoms with van der Waals surface area (Å²) in [6.07, 6.45) is 1.12. The van der Waals surface area contributed by atoms with Crippen molar-refractivity contribution in [3.63, 3.8) is 0 Å². The van der Waals surface area contributed by atoms with Gasteiger partial charge >= 0.3 is 0 Å². The fraction of sp³-hybridized carbons (Fsp3) is 0.353. The van der Waals surface area contributed by atoms with Gasteiger partial charge in [-0.1, -0.05) is 45.0 Å². The molecule has 0 aliphatic carbocycles. The van der Waals surface area contributed by atoms with Gasteiger partial charge in [0.05, 0.1) is 7.11 Å². The summed E-state index contributed by atoms with van der Waals surface area (Å²) in [5.74, 6) is 3.05. The van der Waals surface area contributed by atoms with Gasteiger partial charge in [0.25, 0.3) is 0 Å². The van der Waals surface area contributed by atoms with Gasteiger partial charge in [-0.25, -0.2) is 0 Å². The molecule has 2 aromatic carbocycles. The Morgan fingerprint density at radius 3 is 2.39 bits per heavy atom. The normalized spacial score (nSPS) is 12.9. The van der Waals surface area contributed by atoms with Crippen LogP contribution >= 0.6 is 0 Å². The highest BCUT2D eigenvalue weighted by molar-refractivity contribution is 5.84. The van der Waals surface area contributed by atoms with E-state index in [4.69, 9.17) is 4.74 Å². The second-order valence-electron chi connectivity index (χ2n) is 5.23. The minimum Gasteiger partial charge on any atom is -0.497 e. The van der Waals surface area contributed by atoms with Crippen LogP contribution in [-0.4, -0.2) is 7.11 Å². The zero-order chi connectivity index (χ0) is 13.1. The molecule has 0 fully saturated rings. The molecular weight excluding hydrogens is 220 g/mol. The predicted octanol–water partition coefficient (Wildman–Crippen LogP) is 4.64. The molecule has 1 heteroatoms. The van der Waals surface area contributed by atoms with Crippen molar-refractivity contribution in [2.24, 2.45) is 5.92 Å². The Kier molecular flexibility index (Phi) is 3.90. The van der Waals surface area contributed by atoms with Crippen molar-refractivity contribution in [2.45, 2.75) is 27.2 Å². The van der Waals surface area contributed by atoms with Crippen molar-refractivity contribution in [1.82, 2.24) is 0 Å². The Bertz CT molecular complexity index is 528. The van der Waals surface area contributed by atoms with Crippen LogP contribution in [0, 0.1) is 11.8 Å². The summed E-state index contributed by atoms with van der Waals surface area (Å²) in [7, 11) is 1.71.